The van der Waals surface area contributed by atoms with E-state index in [2.05, 4.69) is 20.9 Å². The van der Waals surface area contributed by atoms with Gasteiger partial charge in [-0.15, -0.1) is 24.0 Å². The van der Waals surface area contributed by atoms with Gasteiger partial charge in [-0.3, -0.25) is 9.79 Å². The van der Waals surface area contributed by atoms with E-state index in [0.717, 1.165) is 30.0 Å². The molecule has 1 rings (SSSR count). The Morgan fingerprint density at radius 3 is 2.21 bits per heavy atom. The number of hydrogen-bond donors (Lipinski definition) is 3. The lowest BCUT2D eigenvalue weighted by atomic mass is 10.1. The predicted octanol–water partition coefficient (Wildman–Crippen LogP) is 2.58. The number of benzene rings is 1. The maximum atomic E-state index is 11.5. The molecule has 0 heterocycles. The molecule has 0 radical (unpaired) electrons. The zero-order valence-corrected chi connectivity index (χ0v) is 20.0. The Labute approximate surface area is 186 Å². The molecule has 0 saturated carbocycles. The van der Waals surface area contributed by atoms with Crippen molar-refractivity contribution in [2.45, 2.75) is 34.1 Å². The lowest BCUT2D eigenvalue weighted by Crippen LogP contribution is -2.42. The molecule has 28 heavy (non-hydrogen) atoms. The Kier molecular flexibility index (Phi) is 14.3. The lowest BCUT2D eigenvalue weighted by Gasteiger charge is -2.14. The Bertz CT molecular complexity index is 609. The van der Waals surface area contributed by atoms with Gasteiger partial charge in [0.05, 0.1) is 13.2 Å². The van der Waals surface area contributed by atoms with Crippen molar-refractivity contribution in [1.82, 2.24) is 16.0 Å². The van der Waals surface area contributed by atoms with Crippen LogP contribution in [0, 0.1) is 5.92 Å². The highest BCUT2D eigenvalue weighted by atomic mass is 127. The fourth-order valence-electron chi connectivity index (χ4n) is 2.37. The quantitative estimate of drug-likeness (QED) is 0.186. The van der Waals surface area contributed by atoms with Crippen molar-refractivity contribution in [2.24, 2.45) is 10.9 Å². The van der Waals surface area contributed by atoms with E-state index in [1.165, 1.54) is 0 Å². The number of carbonyl (C=O) groups excluding carboxylic acids is 1. The predicted molar refractivity (Wildman–Crippen MR) is 125 cm³/mol. The SMILES string of the molecule is CCOc1ccc(CCNC(=NC)NCCNC(=O)C(C)C)cc1OCC.I. The zero-order chi connectivity index (χ0) is 20.1. The number of hydrogen-bond acceptors (Lipinski definition) is 4. The first-order valence-electron chi connectivity index (χ1n) is 9.62. The van der Waals surface area contributed by atoms with Crippen LogP contribution in [-0.2, 0) is 11.2 Å². The van der Waals surface area contributed by atoms with E-state index in [-0.39, 0.29) is 35.8 Å². The zero-order valence-electron chi connectivity index (χ0n) is 17.6. The van der Waals surface area contributed by atoms with Gasteiger partial charge in [-0.1, -0.05) is 19.9 Å². The summed E-state index contributed by atoms with van der Waals surface area (Å²) in [5.41, 5.74) is 1.16. The van der Waals surface area contributed by atoms with Crippen molar-refractivity contribution in [3.05, 3.63) is 23.8 Å². The minimum atomic E-state index is -0.00173. The van der Waals surface area contributed by atoms with Crippen LogP contribution < -0.4 is 25.4 Å². The van der Waals surface area contributed by atoms with Gasteiger partial charge < -0.3 is 25.4 Å². The van der Waals surface area contributed by atoms with E-state index < -0.39 is 0 Å². The second kappa shape index (κ2) is 15.2. The van der Waals surface area contributed by atoms with E-state index in [9.17, 15) is 4.79 Å². The molecule has 0 unspecified atom stereocenters. The summed E-state index contributed by atoms with van der Waals surface area (Å²) in [6, 6.07) is 6.02. The van der Waals surface area contributed by atoms with Gasteiger partial charge in [0.25, 0.3) is 0 Å². The highest BCUT2D eigenvalue weighted by molar-refractivity contribution is 14.0. The van der Waals surface area contributed by atoms with Gasteiger partial charge in [-0.25, -0.2) is 0 Å². The fourth-order valence-corrected chi connectivity index (χ4v) is 2.37. The van der Waals surface area contributed by atoms with Gasteiger partial charge in [0.1, 0.15) is 0 Å². The van der Waals surface area contributed by atoms with Crippen LogP contribution in [0.25, 0.3) is 0 Å². The molecule has 0 spiro atoms. The average Bonchev–Trinajstić information content (AvgIpc) is 2.65. The molecule has 1 aromatic rings. The lowest BCUT2D eigenvalue weighted by molar-refractivity contribution is -0.123. The maximum absolute atomic E-state index is 11.5. The third-order valence-electron chi connectivity index (χ3n) is 3.78. The Morgan fingerprint density at radius 1 is 1.00 bits per heavy atom. The Balaban J connectivity index is 0.00000729. The molecule has 0 aliphatic rings. The summed E-state index contributed by atoms with van der Waals surface area (Å²) in [5, 5.41) is 9.33. The first-order valence-corrected chi connectivity index (χ1v) is 9.62. The molecule has 0 fully saturated rings. The summed E-state index contributed by atoms with van der Waals surface area (Å²) in [7, 11) is 1.73. The standard InChI is InChI=1S/C20H34N4O3.HI/c1-6-26-17-9-8-16(14-18(17)27-7-2)10-11-23-20(21-5)24-13-12-22-19(25)15(3)4;/h8-9,14-15H,6-7,10-13H2,1-5H3,(H,22,25)(H2,21,23,24);1H. The molecule has 0 aromatic heterocycles. The van der Waals surface area contributed by atoms with Crippen molar-refractivity contribution < 1.29 is 14.3 Å². The minimum absolute atomic E-state index is 0. The van der Waals surface area contributed by atoms with Crippen molar-refractivity contribution in [1.29, 1.82) is 0 Å². The number of guanidine groups is 1. The Hall–Kier alpha value is -1.71. The monoisotopic (exact) mass is 506 g/mol. The number of nitrogens with zero attached hydrogens (tertiary/aromatic N) is 1. The molecular formula is C20H35IN4O3. The first kappa shape index (κ1) is 26.3. The Morgan fingerprint density at radius 2 is 1.61 bits per heavy atom. The molecule has 0 aliphatic carbocycles. The van der Waals surface area contributed by atoms with E-state index in [1.807, 2.05) is 45.9 Å². The second-order valence-corrected chi connectivity index (χ2v) is 6.27. The average molecular weight is 506 g/mol. The molecule has 160 valence electrons. The third kappa shape index (κ3) is 10.0. The number of ether oxygens (including phenoxy) is 2. The third-order valence-corrected chi connectivity index (χ3v) is 3.78. The normalized spacial score (nSPS) is 10.9. The van der Waals surface area contributed by atoms with Crippen molar-refractivity contribution in [2.75, 3.05) is 39.9 Å². The highest BCUT2D eigenvalue weighted by Gasteiger charge is 2.07. The minimum Gasteiger partial charge on any atom is -0.490 e. The second-order valence-electron chi connectivity index (χ2n) is 6.27. The smallest absolute Gasteiger partial charge is 0.222 e. The number of aliphatic imine (C=N–C) groups is 1. The van der Waals surface area contributed by atoms with Crippen LogP contribution >= 0.6 is 24.0 Å². The molecule has 3 N–H and O–H groups in total. The van der Waals surface area contributed by atoms with Crippen LogP contribution in [-0.4, -0.2) is 51.8 Å². The van der Waals surface area contributed by atoms with Crippen LogP contribution in [0.5, 0.6) is 11.5 Å². The molecule has 0 bridgehead atoms. The summed E-state index contributed by atoms with van der Waals surface area (Å²) in [6.45, 7) is 10.8. The fraction of sp³-hybridized carbons (Fsp3) is 0.600. The number of rotatable bonds is 11. The van der Waals surface area contributed by atoms with Gasteiger partial charge in [-0.05, 0) is 38.0 Å². The highest BCUT2D eigenvalue weighted by Crippen LogP contribution is 2.28. The van der Waals surface area contributed by atoms with E-state index in [1.54, 1.807) is 7.05 Å². The summed E-state index contributed by atoms with van der Waals surface area (Å²) in [5.74, 6) is 2.32. The molecule has 8 heteroatoms. The van der Waals surface area contributed by atoms with Gasteiger partial charge >= 0.3 is 0 Å². The first-order chi connectivity index (χ1) is 13.0. The molecule has 7 nitrogen and oxygen atoms in total. The number of carbonyl (C=O) groups is 1. The van der Waals surface area contributed by atoms with E-state index in [0.29, 0.717) is 32.3 Å². The molecule has 0 aliphatic heterocycles. The van der Waals surface area contributed by atoms with E-state index in [4.69, 9.17) is 9.47 Å². The van der Waals surface area contributed by atoms with Gasteiger partial charge in [0, 0.05) is 32.6 Å². The molecule has 1 aromatic carbocycles. The molecule has 0 saturated heterocycles. The summed E-state index contributed by atoms with van der Waals surface area (Å²) >= 11 is 0. The van der Waals surface area contributed by atoms with Crippen LogP contribution in [0.4, 0.5) is 0 Å². The van der Waals surface area contributed by atoms with Gasteiger partial charge in [-0.2, -0.15) is 0 Å². The number of amides is 1. The summed E-state index contributed by atoms with van der Waals surface area (Å²) in [6.07, 6.45) is 0.831. The van der Waals surface area contributed by atoms with Crippen LogP contribution in [0.1, 0.15) is 33.3 Å². The van der Waals surface area contributed by atoms with Gasteiger partial charge in [0.15, 0.2) is 17.5 Å². The van der Waals surface area contributed by atoms with Crippen molar-refractivity contribution >= 4 is 35.8 Å². The van der Waals surface area contributed by atoms with Crippen LogP contribution in [0.3, 0.4) is 0 Å². The van der Waals surface area contributed by atoms with Crippen LogP contribution in [0.2, 0.25) is 0 Å². The van der Waals surface area contributed by atoms with Crippen molar-refractivity contribution in [3.63, 3.8) is 0 Å². The molecule has 0 atom stereocenters. The topological polar surface area (TPSA) is 84.0 Å². The number of nitrogens with one attached hydrogen (secondary N) is 3. The summed E-state index contributed by atoms with van der Waals surface area (Å²) in [4.78, 5) is 15.7. The maximum Gasteiger partial charge on any atom is 0.222 e. The molecular weight excluding hydrogens is 471 g/mol. The summed E-state index contributed by atoms with van der Waals surface area (Å²) < 4.78 is 11.3. The van der Waals surface area contributed by atoms with E-state index >= 15 is 0 Å². The van der Waals surface area contributed by atoms with Crippen molar-refractivity contribution in [3.8, 4) is 11.5 Å². The van der Waals surface area contributed by atoms with Gasteiger partial charge in [0.2, 0.25) is 5.91 Å². The number of halogens is 1. The van der Waals surface area contributed by atoms with Crippen LogP contribution in [0.15, 0.2) is 23.2 Å². The molecule has 1 amide bonds. The largest absolute Gasteiger partial charge is 0.490 e.